The zero-order valence-corrected chi connectivity index (χ0v) is 59.3. The minimum atomic E-state index is -1.37. The number of benzene rings is 5. The van der Waals surface area contributed by atoms with Crippen LogP contribution in [0.3, 0.4) is 0 Å². The fourth-order valence-corrected chi connectivity index (χ4v) is 13.3. The lowest BCUT2D eigenvalue weighted by molar-refractivity contribution is -0.166. The second kappa shape index (κ2) is 40.9. The van der Waals surface area contributed by atoms with Crippen molar-refractivity contribution >= 4 is 35.3 Å². The van der Waals surface area contributed by atoms with Crippen LogP contribution in [-0.4, -0.2) is 218 Å². The molecule has 0 radical (unpaired) electrons. The van der Waals surface area contributed by atoms with Gasteiger partial charge in [0.1, 0.15) is 46.1 Å². The molecule has 556 valence electrons. The number of esters is 1. The summed E-state index contributed by atoms with van der Waals surface area (Å²) in [7, 11) is 0. The number of aromatic hydroxyl groups is 2. The molecule has 5 aliphatic rings. The summed E-state index contributed by atoms with van der Waals surface area (Å²) in [6.07, 6.45) is 8.24. The van der Waals surface area contributed by atoms with E-state index in [1.54, 1.807) is 42.5 Å². The van der Waals surface area contributed by atoms with Gasteiger partial charge < -0.3 is 93.0 Å². The third kappa shape index (κ3) is 21.9. The fraction of sp³-hybridized carbons (Fsp3) is 0.545. The van der Waals surface area contributed by atoms with Crippen molar-refractivity contribution in [1.29, 1.82) is 0 Å². The maximum absolute atomic E-state index is 13.9. The van der Waals surface area contributed by atoms with E-state index in [4.69, 9.17) is 56.8 Å². The van der Waals surface area contributed by atoms with Crippen LogP contribution in [-0.2, 0) is 69.1 Å². The smallest absolute Gasteiger partial charge is 0.340 e. The molecule has 4 amide bonds. The largest absolute Gasteiger partial charge is 0.508 e. The number of carbonyl (C=O) groups excluding carboxylic acids is 5. The van der Waals surface area contributed by atoms with Crippen LogP contribution in [0.1, 0.15) is 134 Å². The lowest BCUT2D eigenvalue weighted by Crippen LogP contribution is -2.75. The number of nitrogens with zero attached hydrogens (tertiary/aromatic N) is 2. The number of hydrogen-bond donors (Lipinski definition) is 6. The van der Waals surface area contributed by atoms with Gasteiger partial charge in [0.15, 0.2) is 11.4 Å². The second-order valence-electron chi connectivity index (χ2n) is 25.6. The van der Waals surface area contributed by atoms with Crippen molar-refractivity contribution in [2.75, 3.05) is 150 Å². The van der Waals surface area contributed by atoms with E-state index in [9.17, 15) is 39.3 Å². The Balaban J connectivity index is 0.000000238. The minimum Gasteiger partial charge on any atom is -0.508 e. The lowest BCUT2D eigenvalue weighted by Gasteiger charge is -2.52. The fourth-order valence-electron chi connectivity index (χ4n) is 13.3. The predicted octanol–water partition coefficient (Wildman–Crippen LogP) is 9.82. The van der Waals surface area contributed by atoms with Crippen molar-refractivity contribution in [1.82, 2.24) is 20.4 Å². The van der Waals surface area contributed by atoms with E-state index >= 15 is 0 Å². The number of nitrogens with one attached hydrogen (secondary N) is 3. The predicted molar refractivity (Wildman–Crippen MR) is 379 cm³/mol. The van der Waals surface area contributed by atoms with E-state index in [0.29, 0.717) is 197 Å². The summed E-state index contributed by atoms with van der Waals surface area (Å²) in [5.41, 5.74) is 1.76. The Kier molecular flexibility index (Phi) is 31.4. The summed E-state index contributed by atoms with van der Waals surface area (Å²) in [5, 5.41) is 39.9. The van der Waals surface area contributed by atoms with Crippen LogP contribution in [0.25, 0.3) is 0 Å². The van der Waals surface area contributed by atoms with Crippen molar-refractivity contribution in [3.63, 3.8) is 0 Å². The molecule has 0 unspecified atom stereocenters. The average Bonchev–Trinajstić information content (AvgIpc) is 1.48. The Bertz CT molecular complexity index is 3380. The Morgan fingerprint density at radius 1 is 0.608 bits per heavy atom. The quantitative estimate of drug-likeness (QED) is 0.0120. The Hall–Kier alpha value is -7.79. The standard InChI is InChI=1S/C42H61N3O8.C35H42N2O12/c1-3-5-23-45-40(48)38(39(47)34-10-7-6-8-11-34)43-41(49)42(45)21-24-44(25-22-42)31-32-13-17-35(18-14-32)53-36-19-15-33(16-20-36)37(46)12-9-26-51-29-30-52-28-27-50-4-2;1-2-42-11-12-44-15-16-46-19-20-47-18-17-45-14-13-43-10-9-36-34(41)37-24-3-6-28-27(21-24)33(40)49-35(28)29-7-4-25(38)22-31(29)48-32-23-26(39)5-8-30(32)35/h13-20,34,38-39,47H,3-12,21-31H2,1-2H3,(H,43,49);3-8,21-23,38-39H,2,9-20H2,1H3,(H2,36,37,41)/t38-,39-;/m1./s1. The van der Waals surface area contributed by atoms with Gasteiger partial charge in [0, 0.05) is 99.0 Å². The molecule has 5 aromatic rings. The van der Waals surface area contributed by atoms with Gasteiger partial charge in [-0.2, -0.15) is 0 Å². The van der Waals surface area contributed by atoms with Gasteiger partial charge in [-0.25, -0.2) is 9.59 Å². The lowest BCUT2D eigenvalue weighted by atomic mass is 9.77. The van der Waals surface area contributed by atoms with E-state index in [1.165, 1.54) is 30.7 Å². The first-order valence-corrected chi connectivity index (χ1v) is 36.2. The number of hydrogen-bond acceptors (Lipinski definition) is 21. The monoisotopic (exact) mass is 1420 g/mol. The molecule has 10 rings (SSSR count). The number of ketones is 1. The molecule has 2 atom stereocenters. The first-order chi connectivity index (χ1) is 49.8. The van der Waals surface area contributed by atoms with Crippen LogP contribution in [0.15, 0.2) is 103 Å². The summed E-state index contributed by atoms with van der Waals surface area (Å²) < 4.78 is 66.7. The summed E-state index contributed by atoms with van der Waals surface area (Å²) in [6, 6.07) is 27.9. The third-order valence-corrected chi connectivity index (χ3v) is 18.7. The van der Waals surface area contributed by atoms with E-state index in [-0.39, 0.29) is 65.2 Å². The molecule has 4 aliphatic heterocycles. The first kappa shape index (κ1) is 78.3. The van der Waals surface area contributed by atoms with E-state index in [0.717, 1.165) is 50.6 Å². The van der Waals surface area contributed by atoms with Gasteiger partial charge in [-0.05, 0) is 137 Å². The number of amides is 4. The highest BCUT2D eigenvalue weighted by Gasteiger charge is 2.56. The zero-order chi connectivity index (χ0) is 71.9. The topological polar surface area (TPSA) is 299 Å². The number of piperidine rings is 1. The Labute approximate surface area is 598 Å². The number of piperazine rings is 1. The van der Waals surface area contributed by atoms with Crippen molar-refractivity contribution in [3.05, 3.63) is 137 Å². The molecule has 4 heterocycles. The maximum Gasteiger partial charge on any atom is 0.340 e. The highest BCUT2D eigenvalue weighted by molar-refractivity contribution is 6.01. The van der Waals surface area contributed by atoms with Crippen LogP contribution in [0, 0.1) is 5.92 Å². The number of unbranched alkanes of at least 4 members (excludes halogenated alkanes) is 1. The normalized spacial score (nSPS) is 17.0. The molecule has 6 N–H and O–H groups in total. The maximum atomic E-state index is 13.9. The highest BCUT2D eigenvalue weighted by Crippen LogP contribution is 2.57. The number of fused-ring (bicyclic) bond motifs is 6. The number of aliphatic hydroxyl groups excluding tert-OH is 1. The number of urea groups is 1. The molecular formula is C77H103N5O20. The van der Waals surface area contributed by atoms with Gasteiger partial charge in [-0.1, -0.05) is 50.8 Å². The molecule has 0 bridgehead atoms. The van der Waals surface area contributed by atoms with Crippen LogP contribution in [0.2, 0.25) is 0 Å². The van der Waals surface area contributed by atoms with E-state index in [1.807, 2.05) is 55.1 Å². The summed E-state index contributed by atoms with van der Waals surface area (Å²) >= 11 is 0. The SMILES string of the molecule is CCCCN1C(=O)[C@@H]([C@H](O)C2CCCCC2)NC(=O)C12CCN(Cc1ccc(Oc3ccc(C(=O)CCCOCCOCCOCC)cc3)cc1)CC2.CCOCCOCCOCCOCCOCCOCCNC(=O)Nc1ccc2c(c1)C(=O)OC21c2ccc(O)cc2Oc2cc(O)ccc21. The minimum absolute atomic E-state index is 0.0302. The number of ether oxygens (including phenoxy) is 12. The van der Waals surface area contributed by atoms with Gasteiger partial charge in [-0.3, -0.25) is 19.3 Å². The summed E-state index contributed by atoms with van der Waals surface area (Å²) in [5.74, 6) is 1.18. The first-order valence-electron chi connectivity index (χ1n) is 36.2. The molecule has 1 saturated carbocycles. The zero-order valence-electron chi connectivity index (χ0n) is 59.3. The number of rotatable bonds is 41. The number of likely N-dealkylation sites (tertiary alicyclic amines) is 1. The molecule has 2 saturated heterocycles. The van der Waals surface area contributed by atoms with Crippen molar-refractivity contribution in [2.45, 2.75) is 121 Å². The molecule has 3 fully saturated rings. The van der Waals surface area contributed by atoms with Crippen LogP contribution in [0.4, 0.5) is 10.5 Å². The second-order valence-corrected chi connectivity index (χ2v) is 25.6. The number of phenols is 2. The third-order valence-electron chi connectivity index (χ3n) is 18.7. The Morgan fingerprint density at radius 3 is 1.68 bits per heavy atom. The molecule has 102 heavy (non-hydrogen) atoms. The van der Waals surface area contributed by atoms with E-state index < -0.39 is 35.3 Å². The molecule has 25 nitrogen and oxygen atoms in total. The average molecular weight is 1420 g/mol. The number of phenolic OH excluding ortho intramolecular Hbond substituents is 2. The number of Topliss-reactive ketones (excluding diaryl/α,β-unsaturated/α-hetero) is 1. The van der Waals surface area contributed by atoms with Crippen molar-refractivity contribution < 1.29 is 96.1 Å². The number of anilines is 1. The van der Waals surface area contributed by atoms with Crippen LogP contribution in [0.5, 0.6) is 34.5 Å². The van der Waals surface area contributed by atoms with Gasteiger partial charge >= 0.3 is 12.0 Å². The Morgan fingerprint density at radius 2 is 1.13 bits per heavy atom. The van der Waals surface area contributed by atoms with Crippen molar-refractivity contribution in [3.8, 4) is 34.5 Å². The molecule has 2 spiro atoms. The molecule has 25 heteroatoms. The molecule has 5 aromatic carbocycles. The molecule has 1 aliphatic carbocycles. The van der Waals surface area contributed by atoms with Gasteiger partial charge in [0.05, 0.1) is 111 Å². The van der Waals surface area contributed by atoms with Crippen LogP contribution < -0.4 is 25.4 Å². The number of carbonyl (C=O) groups is 5. The number of aliphatic hydroxyl groups is 1. The molecular weight excluding hydrogens is 1310 g/mol. The summed E-state index contributed by atoms with van der Waals surface area (Å²) in [6.45, 7) is 18.0. The summed E-state index contributed by atoms with van der Waals surface area (Å²) in [4.78, 5) is 70.4. The van der Waals surface area contributed by atoms with E-state index in [2.05, 4.69) is 27.8 Å². The van der Waals surface area contributed by atoms with Gasteiger partial charge in [-0.15, -0.1) is 0 Å². The highest BCUT2D eigenvalue weighted by atomic mass is 16.6. The van der Waals surface area contributed by atoms with Gasteiger partial charge in [0.2, 0.25) is 11.8 Å². The van der Waals surface area contributed by atoms with Crippen molar-refractivity contribution in [2.24, 2.45) is 5.92 Å². The van der Waals surface area contributed by atoms with Crippen LogP contribution >= 0.6 is 0 Å². The van der Waals surface area contributed by atoms with Gasteiger partial charge in [0.25, 0.3) is 0 Å². The molecule has 0 aromatic heterocycles.